The molecule has 0 aliphatic heterocycles. The van der Waals surface area contributed by atoms with Crippen molar-refractivity contribution in [3.05, 3.63) is 59.7 Å². The molecule has 3 heteroatoms. The third-order valence-corrected chi connectivity index (χ3v) is 3.46. The zero-order valence-corrected chi connectivity index (χ0v) is 11.4. The van der Waals surface area contributed by atoms with E-state index in [2.05, 4.69) is 23.2 Å². The van der Waals surface area contributed by atoms with Crippen LogP contribution in [0.5, 0.6) is 0 Å². The number of hydrogen-bond donors (Lipinski definition) is 1. The summed E-state index contributed by atoms with van der Waals surface area (Å²) in [4.78, 5) is 15.1. The number of aromatic nitrogens is 1. The molecule has 1 N–H and O–H groups in total. The Bertz CT molecular complexity index is 772. The van der Waals surface area contributed by atoms with Gasteiger partial charge in [0.25, 0.3) is 0 Å². The maximum atomic E-state index is 11.7. The van der Waals surface area contributed by atoms with Crippen LogP contribution in [-0.2, 0) is 4.74 Å². The van der Waals surface area contributed by atoms with E-state index < -0.39 is 0 Å². The van der Waals surface area contributed by atoms with E-state index in [-0.39, 0.29) is 5.97 Å². The number of ether oxygens (including phenoxy) is 1. The van der Waals surface area contributed by atoms with Gasteiger partial charge in [-0.2, -0.15) is 0 Å². The highest BCUT2D eigenvalue weighted by Crippen LogP contribution is 2.26. The monoisotopic (exact) mass is 265 g/mol. The van der Waals surface area contributed by atoms with Crippen LogP contribution in [0.2, 0.25) is 0 Å². The fraction of sp³-hybridized carbons (Fsp3) is 0.118. The lowest BCUT2D eigenvalue weighted by atomic mass is 10.1. The van der Waals surface area contributed by atoms with Crippen LogP contribution in [0, 0.1) is 6.92 Å². The molecule has 0 aliphatic rings. The van der Waals surface area contributed by atoms with Gasteiger partial charge >= 0.3 is 5.97 Å². The van der Waals surface area contributed by atoms with Gasteiger partial charge in [-0.25, -0.2) is 4.79 Å². The molecule has 0 atom stereocenters. The molecule has 1 aromatic heterocycles. The van der Waals surface area contributed by atoms with Gasteiger partial charge < -0.3 is 9.72 Å². The lowest BCUT2D eigenvalue weighted by Crippen LogP contribution is -2.03. The van der Waals surface area contributed by atoms with E-state index in [9.17, 15) is 4.79 Å². The Hall–Kier alpha value is -2.55. The standard InChI is InChI=1S/C17H15NO2/c1-11-8-13-9-15(12-6-4-3-5-7-12)18-16(13)10-14(11)17(19)20-2/h3-10,18H,1-2H3. The zero-order chi connectivity index (χ0) is 14.1. The van der Waals surface area contributed by atoms with E-state index in [0.29, 0.717) is 5.56 Å². The number of aromatic amines is 1. The van der Waals surface area contributed by atoms with E-state index in [1.165, 1.54) is 7.11 Å². The van der Waals surface area contributed by atoms with Crippen LogP contribution in [0.3, 0.4) is 0 Å². The van der Waals surface area contributed by atoms with Crippen molar-refractivity contribution in [3.63, 3.8) is 0 Å². The average Bonchev–Trinajstić information content (AvgIpc) is 2.89. The molecule has 0 aliphatic carbocycles. The van der Waals surface area contributed by atoms with E-state index in [1.54, 1.807) is 0 Å². The van der Waals surface area contributed by atoms with E-state index >= 15 is 0 Å². The lowest BCUT2D eigenvalue weighted by Gasteiger charge is -2.03. The molecule has 3 nitrogen and oxygen atoms in total. The predicted octanol–water partition coefficient (Wildman–Crippen LogP) is 3.93. The Morgan fingerprint density at radius 1 is 1.10 bits per heavy atom. The quantitative estimate of drug-likeness (QED) is 0.713. The zero-order valence-electron chi connectivity index (χ0n) is 11.4. The minimum absolute atomic E-state index is 0.305. The van der Waals surface area contributed by atoms with Crippen molar-refractivity contribution in [2.75, 3.05) is 7.11 Å². The molecule has 0 radical (unpaired) electrons. The van der Waals surface area contributed by atoms with Gasteiger partial charge in [0.05, 0.1) is 12.7 Å². The topological polar surface area (TPSA) is 42.1 Å². The van der Waals surface area contributed by atoms with Crippen molar-refractivity contribution in [2.24, 2.45) is 0 Å². The molecular formula is C17H15NO2. The van der Waals surface area contributed by atoms with Gasteiger partial charge in [0, 0.05) is 16.6 Å². The van der Waals surface area contributed by atoms with Gasteiger partial charge in [0.15, 0.2) is 0 Å². The molecule has 0 saturated carbocycles. The number of nitrogens with one attached hydrogen (secondary N) is 1. The first-order valence-corrected chi connectivity index (χ1v) is 6.46. The van der Waals surface area contributed by atoms with E-state index in [4.69, 9.17) is 4.74 Å². The molecule has 20 heavy (non-hydrogen) atoms. The summed E-state index contributed by atoms with van der Waals surface area (Å²) >= 11 is 0. The van der Waals surface area contributed by atoms with Crippen molar-refractivity contribution < 1.29 is 9.53 Å². The molecule has 0 unspecified atom stereocenters. The number of H-pyrrole nitrogens is 1. The molecule has 100 valence electrons. The first kappa shape index (κ1) is 12.5. The number of rotatable bonds is 2. The predicted molar refractivity (Wildman–Crippen MR) is 79.8 cm³/mol. The number of esters is 1. The summed E-state index contributed by atoms with van der Waals surface area (Å²) < 4.78 is 4.80. The van der Waals surface area contributed by atoms with Crippen LogP contribution in [0.1, 0.15) is 15.9 Å². The highest BCUT2D eigenvalue weighted by atomic mass is 16.5. The molecule has 0 amide bonds. The highest BCUT2D eigenvalue weighted by Gasteiger charge is 2.12. The number of carbonyl (C=O) groups is 1. The van der Waals surface area contributed by atoms with Crippen molar-refractivity contribution in [1.82, 2.24) is 4.98 Å². The van der Waals surface area contributed by atoms with Crippen LogP contribution >= 0.6 is 0 Å². The van der Waals surface area contributed by atoms with Gasteiger partial charge in [-0.3, -0.25) is 0 Å². The Balaban J connectivity index is 2.15. The third kappa shape index (κ3) is 2.07. The first-order chi connectivity index (χ1) is 9.69. The smallest absolute Gasteiger partial charge is 0.338 e. The SMILES string of the molecule is COC(=O)c1cc2[nH]c(-c3ccccc3)cc2cc1C. The first-order valence-electron chi connectivity index (χ1n) is 6.46. The maximum absolute atomic E-state index is 11.7. The number of hydrogen-bond acceptors (Lipinski definition) is 2. The van der Waals surface area contributed by atoms with Crippen molar-refractivity contribution in [1.29, 1.82) is 0 Å². The number of aryl methyl sites for hydroxylation is 1. The molecule has 3 aromatic rings. The number of fused-ring (bicyclic) bond motifs is 1. The van der Waals surface area contributed by atoms with Crippen molar-refractivity contribution in [3.8, 4) is 11.3 Å². The largest absolute Gasteiger partial charge is 0.465 e. The normalized spacial score (nSPS) is 10.7. The highest BCUT2D eigenvalue weighted by molar-refractivity contribution is 5.97. The van der Waals surface area contributed by atoms with Gasteiger partial charge in [-0.05, 0) is 36.2 Å². The molecule has 0 saturated heterocycles. The Kier molecular flexibility index (Phi) is 3.03. The molecule has 1 heterocycles. The van der Waals surface area contributed by atoms with E-state index in [0.717, 1.165) is 27.7 Å². The maximum Gasteiger partial charge on any atom is 0.338 e. The molecule has 0 fully saturated rings. The third-order valence-electron chi connectivity index (χ3n) is 3.46. The molecular weight excluding hydrogens is 250 g/mol. The van der Waals surface area contributed by atoms with Crippen LogP contribution in [0.25, 0.3) is 22.2 Å². The summed E-state index contributed by atoms with van der Waals surface area (Å²) in [5, 5.41) is 1.09. The second-order valence-corrected chi connectivity index (χ2v) is 4.79. The number of benzene rings is 2. The number of methoxy groups -OCH3 is 1. The van der Waals surface area contributed by atoms with Gasteiger partial charge in [0.1, 0.15) is 0 Å². The molecule has 0 bridgehead atoms. The lowest BCUT2D eigenvalue weighted by molar-refractivity contribution is 0.0600. The second kappa shape index (κ2) is 4.85. The van der Waals surface area contributed by atoms with E-state index in [1.807, 2.05) is 37.3 Å². The number of carbonyl (C=O) groups excluding carboxylic acids is 1. The van der Waals surface area contributed by atoms with Crippen molar-refractivity contribution in [2.45, 2.75) is 6.92 Å². The Morgan fingerprint density at radius 3 is 2.55 bits per heavy atom. The van der Waals surface area contributed by atoms with Crippen molar-refractivity contribution >= 4 is 16.9 Å². The summed E-state index contributed by atoms with van der Waals surface area (Å²) in [6, 6.07) is 16.1. The minimum atomic E-state index is -0.305. The summed E-state index contributed by atoms with van der Waals surface area (Å²) in [5.41, 5.74) is 4.63. The average molecular weight is 265 g/mol. The summed E-state index contributed by atoms with van der Waals surface area (Å²) in [5.74, 6) is -0.305. The summed E-state index contributed by atoms with van der Waals surface area (Å²) in [6.07, 6.45) is 0. The van der Waals surface area contributed by atoms with Crippen LogP contribution in [0.15, 0.2) is 48.5 Å². The minimum Gasteiger partial charge on any atom is -0.465 e. The molecule has 3 rings (SSSR count). The van der Waals surface area contributed by atoms with Crippen LogP contribution in [-0.4, -0.2) is 18.1 Å². The Labute approximate surface area is 117 Å². The second-order valence-electron chi connectivity index (χ2n) is 4.79. The van der Waals surface area contributed by atoms with Crippen LogP contribution in [0.4, 0.5) is 0 Å². The molecule has 2 aromatic carbocycles. The Morgan fingerprint density at radius 2 is 1.85 bits per heavy atom. The molecule has 0 spiro atoms. The van der Waals surface area contributed by atoms with Crippen LogP contribution < -0.4 is 0 Å². The fourth-order valence-corrected chi connectivity index (χ4v) is 2.40. The summed E-state index contributed by atoms with van der Waals surface area (Å²) in [7, 11) is 1.40. The van der Waals surface area contributed by atoms with Gasteiger partial charge in [0.2, 0.25) is 0 Å². The summed E-state index contributed by atoms with van der Waals surface area (Å²) in [6.45, 7) is 1.92. The van der Waals surface area contributed by atoms with Gasteiger partial charge in [-0.15, -0.1) is 0 Å². The van der Waals surface area contributed by atoms with Gasteiger partial charge in [-0.1, -0.05) is 30.3 Å². The fourth-order valence-electron chi connectivity index (χ4n) is 2.40.